The smallest absolute Gasteiger partial charge is 0.267 e. The molecule has 0 fully saturated rings. The molecule has 5 nitrogen and oxygen atoms in total. The minimum Gasteiger partial charge on any atom is -0.346 e. The first-order valence-corrected chi connectivity index (χ1v) is 8.22. The molecule has 0 radical (unpaired) electrons. The van der Waals surface area contributed by atoms with Gasteiger partial charge in [0.05, 0.1) is 0 Å². The second kappa shape index (κ2) is 8.28. The maximum absolute atomic E-state index is 10.9. The van der Waals surface area contributed by atoms with Crippen LogP contribution in [0.2, 0.25) is 0 Å². The minimum absolute atomic E-state index is 0.539. The molecule has 3 aromatic rings. The normalized spacial score (nSPS) is 11.2. The molecule has 3 rings (SSSR count). The molecule has 0 bridgehead atoms. The monoisotopic (exact) mass is 335 g/mol. The van der Waals surface area contributed by atoms with E-state index in [0.717, 1.165) is 25.2 Å². The average Bonchev–Trinajstić information content (AvgIpc) is 3.07. The third-order valence-electron chi connectivity index (χ3n) is 4.06. The van der Waals surface area contributed by atoms with Gasteiger partial charge in [-0.15, -0.1) is 0 Å². The third-order valence-corrected chi connectivity index (χ3v) is 4.06. The molecule has 0 aliphatic rings. The van der Waals surface area contributed by atoms with E-state index in [1.54, 1.807) is 11.6 Å². The number of para-hydroxylation sites is 1. The lowest BCUT2D eigenvalue weighted by molar-refractivity contribution is -0.124. The van der Waals surface area contributed by atoms with Gasteiger partial charge in [0, 0.05) is 37.4 Å². The molecule has 0 atom stereocenters. The zero-order valence-corrected chi connectivity index (χ0v) is 13.9. The van der Waals surface area contributed by atoms with Gasteiger partial charge < -0.3 is 9.88 Å². The van der Waals surface area contributed by atoms with Gasteiger partial charge in [0.2, 0.25) is 0 Å². The van der Waals surface area contributed by atoms with Gasteiger partial charge in [-0.3, -0.25) is 10.0 Å². The molecule has 25 heavy (non-hydrogen) atoms. The highest BCUT2D eigenvalue weighted by molar-refractivity contribution is 5.90. The van der Waals surface area contributed by atoms with E-state index in [4.69, 9.17) is 5.21 Å². The van der Waals surface area contributed by atoms with E-state index in [0.29, 0.717) is 0 Å². The predicted octanol–water partition coefficient (Wildman–Crippen LogP) is 2.95. The molecule has 1 heterocycles. The first-order valence-electron chi connectivity index (χ1n) is 8.22. The topological polar surface area (TPSA) is 66.3 Å². The number of amides is 1. The number of hydrogen-bond acceptors (Lipinski definition) is 3. The molecule has 0 saturated carbocycles. The largest absolute Gasteiger partial charge is 0.346 e. The summed E-state index contributed by atoms with van der Waals surface area (Å²) in [5, 5.41) is 13.2. The van der Waals surface area contributed by atoms with Gasteiger partial charge in [0.1, 0.15) is 0 Å². The van der Waals surface area contributed by atoms with E-state index >= 15 is 0 Å². The average molecular weight is 335 g/mol. The van der Waals surface area contributed by atoms with Crippen molar-refractivity contribution in [2.24, 2.45) is 0 Å². The lowest BCUT2D eigenvalue weighted by atomic mass is 10.1. The number of aromatic nitrogens is 1. The number of fused-ring (bicyclic) bond motifs is 1. The van der Waals surface area contributed by atoms with E-state index < -0.39 is 5.91 Å². The Morgan fingerprint density at radius 3 is 2.68 bits per heavy atom. The Balaban J connectivity index is 1.47. The Bertz CT molecular complexity index is 866. The highest BCUT2D eigenvalue weighted by atomic mass is 16.5. The van der Waals surface area contributed by atoms with Gasteiger partial charge in [-0.1, -0.05) is 42.5 Å². The van der Waals surface area contributed by atoms with Crippen LogP contribution in [-0.4, -0.2) is 22.2 Å². The number of hydrogen-bond donors (Lipinski definition) is 3. The Labute approximate surface area is 146 Å². The number of benzene rings is 2. The Morgan fingerprint density at radius 2 is 1.88 bits per heavy atom. The summed E-state index contributed by atoms with van der Waals surface area (Å²) in [5.41, 5.74) is 4.91. The van der Waals surface area contributed by atoms with Crippen LogP contribution in [0, 0.1) is 0 Å². The number of nitrogens with zero attached hydrogens (tertiary/aromatic N) is 1. The molecule has 128 valence electrons. The summed E-state index contributed by atoms with van der Waals surface area (Å²) >= 11 is 0. The minimum atomic E-state index is -0.539. The molecule has 0 aliphatic heterocycles. The van der Waals surface area contributed by atoms with Crippen LogP contribution in [0.3, 0.4) is 0 Å². The van der Waals surface area contributed by atoms with Crippen LogP contribution in [0.4, 0.5) is 0 Å². The van der Waals surface area contributed by atoms with Crippen LogP contribution in [0.15, 0.2) is 66.9 Å². The van der Waals surface area contributed by atoms with E-state index in [-0.39, 0.29) is 0 Å². The summed E-state index contributed by atoms with van der Waals surface area (Å²) < 4.78 is 2.25. The van der Waals surface area contributed by atoms with Crippen molar-refractivity contribution in [3.63, 3.8) is 0 Å². The SMILES string of the molecule is O=C(/C=C/c1ccc(CNCCn2ccc3ccccc32)cc1)NO. The maximum atomic E-state index is 10.9. The fraction of sp³-hybridized carbons (Fsp3) is 0.150. The van der Waals surface area contributed by atoms with Gasteiger partial charge >= 0.3 is 0 Å². The van der Waals surface area contributed by atoms with Gasteiger partial charge in [-0.2, -0.15) is 0 Å². The van der Waals surface area contributed by atoms with Gasteiger partial charge in [-0.05, 0) is 34.7 Å². The van der Waals surface area contributed by atoms with Gasteiger partial charge in [0.25, 0.3) is 5.91 Å². The Morgan fingerprint density at radius 1 is 1.08 bits per heavy atom. The maximum Gasteiger partial charge on any atom is 0.267 e. The quantitative estimate of drug-likeness (QED) is 0.269. The summed E-state index contributed by atoms with van der Waals surface area (Å²) in [6.45, 7) is 2.60. The second-order valence-electron chi connectivity index (χ2n) is 5.80. The molecule has 3 N–H and O–H groups in total. The van der Waals surface area contributed by atoms with Crippen LogP contribution < -0.4 is 10.8 Å². The van der Waals surface area contributed by atoms with Crippen molar-refractivity contribution in [3.05, 3.63) is 78.0 Å². The Kier molecular flexibility index (Phi) is 5.61. The van der Waals surface area contributed by atoms with E-state index in [1.807, 2.05) is 24.3 Å². The van der Waals surface area contributed by atoms with Crippen LogP contribution in [0.1, 0.15) is 11.1 Å². The molecule has 0 spiro atoms. The fourth-order valence-corrected chi connectivity index (χ4v) is 2.72. The van der Waals surface area contributed by atoms with Crippen molar-refractivity contribution in [1.82, 2.24) is 15.4 Å². The summed E-state index contributed by atoms with van der Waals surface area (Å²) in [5.74, 6) is -0.539. The number of nitrogens with one attached hydrogen (secondary N) is 2. The molecule has 5 heteroatoms. The Hall–Kier alpha value is -2.89. The van der Waals surface area contributed by atoms with Crippen molar-refractivity contribution in [1.29, 1.82) is 0 Å². The molecular weight excluding hydrogens is 314 g/mol. The molecule has 0 saturated heterocycles. The fourth-order valence-electron chi connectivity index (χ4n) is 2.72. The summed E-state index contributed by atoms with van der Waals surface area (Å²) in [6.07, 6.45) is 5.06. The highest BCUT2D eigenvalue weighted by Crippen LogP contribution is 2.14. The standard InChI is InChI=1S/C20H21N3O2/c24-20(22-25)10-9-16-5-7-17(8-6-16)15-21-12-14-23-13-11-18-3-1-2-4-19(18)23/h1-11,13,21,25H,12,14-15H2,(H,22,24)/b10-9+. The second-order valence-corrected chi connectivity index (χ2v) is 5.80. The zero-order valence-electron chi connectivity index (χ0n) is 13.9. The molecule has 2 aromatic carbocycles. The molecule has 0 aliphatic carbocycles. The van der Waals surface area contributed by atoms with E-state index in [1.165, 1.54) is 22.5 Å². The van der Waals surface area contributed by atoms with Crippen molar-refractivity contribution >= 4 is 22.9 Å². The van der Waals surface area contributed by atoms with E-state index in [9.17, 15) is 4.79 Å². The van der Waals surface area contributed by atoms with Gasteiger partial charge in [-0.25, -0.2) is 5.48 Å². The van der Waals surface area contributed by atoms with Crippen molar-refractivity contribution < 1.29 is 10.0 Å². The zero-order chi connectivity index (χ0) is 17.5. The van der Waals surface area contributed by atoms with Crippen LogP contribution >= 0.6 is 0 Å². The molecule has 1 aromatic heterocycles. The van der Waals surface area contributed by atoms with Crippen molar-refractivity contribution in [2.45, 2.75) is 13.1 Å². The molecular formula is C20H21N3O2. The molecule has 1 amide bonds. The summed E-state index contributed by atoms with van der Waals surface area (Å²) in [6, 6.07) is 18.4. The first-order chi connectivity index (χ1) is 12.3. The van der Waals surface area contributed by atoms with Crippen LogP contribution in [0.5, 0.6) is 0 Å². The summed E-state index contributed by atoms with van der Waals surface area (Å²) in [4.78, 5) is 10.9. The predicted molar refractivity (Wildman–Crippen MR) is 99.0 cm³/mol. The van der Waals surface area contributed by atoms with Crippen molar-refractivity contribution in [3.8, 4) is 0 Å². The molecule has 0 unspecified atom stereocenters. The first kappa shape index (κ1) is 17.0. The van der Waals surface area contributed by atoms with Crippen LogP contribution in [0.25, 0.3) is 17.0 Å². The lowest BCUT2D eigenvalue weighted by Crippen LogP contribution is -2.19. The number of carbonyl (C=O) groups excluding carboxylic acids is 1. The number of hydroxylamine groups is 1. The highest BCUT2D eigenvalue weighted by Gasteiger charge is 1.99. The lowest BCUT2D eigenvalue weighted by Gasteiger charge is -2.08. The summed E-state index contributed by atoms with van der Waals surface area (Å²) in [7, 11) is 0. The van der Waals surface area contributed by atoms with Gasteiger partial charge in [0.15, 0.2) is 0 Å². The third kappa shape index (κ3) is 4.56. The van der Waals surface area contributed by atoms with Crippen LogP contribution in [-0.2, 0) is 17.9 Å². The van der Waals surface area contributed by atoms with Crippen molar-refractivity contribution in [2.75, 3.05) is 6.54 Å². The number of carbonyl (C=O) groups is 1. The number of rotatable bonds is 7. The van der Waals surface area contributed by atoms with E-state index in [2.05, 4.69) is 46.4 Å².